The van der Waals surface area contributed by atoms with Crippen LogP contribution in [0.25, 0.3) is 0 Å². The average molecular weight is 284 g/mol. The van der Waals surface area contributed by atoms with E-state index in [2.05, 4.69) is 6.92 Å². The van der Waals surface area contributed by atoms with Gasteiger partial charge in [0.15, 0.2) is 0 Å². The second-order valence-electron chi connectivity index (χ2n) is 6.48. The zero-order chi connectivity index (χ0) is 15.3. The van der Waals surface area contributed by atoms with Crippen molar-refractivity contribution < 1.29 is 14.3 Å². The molecule has 0 aromatic rings. The molecular weight excluding hydrogens is 256 g/mol. The summed E-state index contributed by atoms with van der Waals surface area (Å²) in [4.78, 5) is 27.7. The first-order chi connectivity index (χ1) is 9.24. The van der Waals surface area contributed by atoms with E-state index < -0.39 is 5.60 Å². The van der Waals surface area contributed by atoms with E-state index in [0.29, 0.717) is 26.2 Å². The normalized spacial score (nSPS) is 17.9. The molecule has 116 valence electrons. The topological polar surface area (TPSA) is 49.9 Å². The molecule has 1 unspecified atom stereocenters. The summed E-state index contributed by atoms with van der Waals surface area (Å²) in [5.41, 5.74) is -0.473. The molecule has 0 radical (unpaired) electrons. The van der Waals surface area contributed by atoms with E-state index in [9.17, 15) is 9.59 Å². The van der Waals surface area contributed by atoms with Gasteiger partial charge in [-0.05, 0) is 27.2 Å². The summed E-state index contributed by atoms with van der Waals surface area (Å²) in [5.74, 6) is 0.281. The number of hydrogen-bond acceptors (Lipinski definition) is 3. The first-order valence-corrected chi connectivity index (χ1v) is 7.51. The van der Waals surface area contributed by atoms with Gasteiger partial charge in [0, 0.05) is 32.1 Å². The second-order valence-corrected chi connectivity index (χ2v) is 6.48. The van der Waals surface area contributed by atoms with Crippen molar-refractivity contribution in [2.75, 3.05) is 26.2 Å². The minimum absolute atomic E-state index is 0.0769. The van der Waals surface area contributed by atoms with Crippen LogP contribution in [0, 0.1) is 5.92 Å². The molecule has 1 saturated heterocycles. The lowest BCUT2D eigenvalue weighted by Gasteiger charge is -2.36. The Hall–Kier alpha value is -1.26. The fourth-order valence-corrected chi connectivity index (χ4v) is 2.30. The summed E-state index contributed by atoms with van der Waals surface area (Å²) in [6, 6.07) is 0. The van der Waals surface area contributed by atoms with E-state index in [1.54, 1.807) is 4.90 Å². The molecule has 1 atom stereocenters. The maximum atomic E-state index is 12.2. The van der Waals surface area contributed by atoms with Crippen LogP contribution in [-0.2, 0) is 9.53 Å². The molecule has 5 nitrogen and oxygen atoms in total. The summed E-state index contributed by atoms with van der Waals surface area (Å²) in [6.07, 6.45) is 1.65. The van der Waals surface area contributed by atoms with Crippen molar-refractivity contribution in [1.29, 1.82) is 0 Å². The van der Waals surface area contributed by atoms with Gasteiger partial charge in [-0.3, -0.25) is 4.79 Å². The van der Waals surface area contributed by atoms with E-state index in [-0.39, 0.29) is 17.9 Å². The predicted molar refractivity (Wildman–Crippen MR) is 78.5 cm³/mol. The number of carbonyl (C=O) groups is 2. The van der Waals surface area contributed by atoms with Gasteiger partial charge in [-0.15, -0.1) is 0 Å². The van der Waals surface area contributed by atoms with E-state index in [4.69, 9.17) is 4.74 Å². The summed E-state index contributed by atoms with van der Waals surface area (Å²) < 4.78 is 5.34. The van der Waals surface area contributed by atoms with Crippen molar-refractivity contribution >= 4 is 12.0 Å². The van der Waals surface area contributed by atoms with Crippen LogP contribution in [0.15, 0.2) is 0 Å². The van der Waals surface area contributed by atoms with Crippen LogP contribution in [0.5, 0.6) is 0 Å². The Morgan fingerprint density at radius 3 is 2.05 bits per heavy atom. The highest BCUT2D eigenvalue weighted by Crippen LogP contribution is 2.14. The molecule has 0 aromatic carbocycles. The fraction of sp³-hybridized carbons (Fsp3) is 0.867. The molecule has 5 heteroatoms. The molecule has 0 N–H and O–H groups in total. The molecule has 1 heterocycles. The molecule has 0 saturated carbocycles. The summed E-state index contributed by atoms with van der Waals surface area (Å²) >= 11 is 0. The van der Waals surface area contributed by atoms with Gasteiger partial charge in [-0.2, -0.15) is 0 Å². The molecule has 0 aromatic heterocycles. The Bertz CT molecular complexity index is 342. The van der Waals surface area contributed by atoms with E-state index in [0.717, 1.165) is 12.8 Å². The highest BCUT2D eigenvalue weighted by Gasteiger charge is 2.28. The van der Waals surface area contributed by atoms with Crippen LogP contribution in [0.1, 0.15) is 47.5 Å². The molecule has 1 aliphatic rings. The lowest BCUT2D eigenvalue weighted by Crippen LogP contribution is -2.52. The van der Waals surface area contributed by atoms with Gasteiger partial charge in [0.25, 0.3) is 0 Å². The standard InChI is InChI=1S/C15H28N2O3/c1-6-7-12(2)13(18)16-8-10-17(11-9-16)14(19)20-15(3,4)5/h12H,6-11H2,1-5H3. The smallest absolute Gasteiger partial charge is 0.410 e. The van der Waals surface area contributed by atoms with Crippen LogP contribution >= 0.6 is 0 Å². The third kappa shape index (κ3) is 5.02. The number of carbonyl (C=O) groups excluding carboxylic acids is 2. The van der Waals surface area contributed by atoms with Gasteiger partial charge in [-0.25, -0.2) is 4.79 Å². The number of nitrogens with zero attached hydrogens (tertiary/aromatic N) is 2. The number of hydrogen-bond donors (Lipinski definition) is 0. The van der Waals surface area contributed by atoms with Crippen LogP contribution in [0.2, 0.25) is 0 Å². The minimum atomic E-state index is -0.473. The van der Waals surface area contributed by atoms with Crippen molar-refractivity contribution in [3.63, 3.8) is 0 Å². The van der Waals surface area contributed by atoms with E-state index in [1.807, 2.05) is 32.6 Å². The van der Waals surface area contributed by atoms with E-state index >= 15 is 0 Å². The Balaban J connectivity index is 2.43. The van der Waals surface area contributed by atoms with Crippen molar-refractivity contribution in [3.8, 4) is 0 Å². The molecule has 1 aliphatic heterocycles. The third-order valence-electron chi connectivity index (χ3n) is 3.39. The maximum Gasteiger partial charge on any atom is 0.410 e. The summed E-state index contributed by atoms with van der Waals surface area (Å²) in [6.45, 7) is 12.0. The molecule has 1 fully saturated rings. The lowest BCUT2D eigenvalue weighted by atomic mass is 10.0. The largest absolute Gasteiger partial charge is 0.444 e. The Kier molecular flexibility index (Phi) is 5.84. The molecular formula is C15H28N2O3. The first kappa shape index (κ1) is 16.8. The maximum absolute atomic E-state index is 12.2. The van der Waals surface area contributed by atoms with Gasteiger partial charge in [0.1, 0.15) is 5.60 Å². The van der Waals surface area contributed by atoms with Crippen molar-refractivity contribution in [2.45, 2.75) is 53.1 Å². The zero-order valence-corrected chi connectivity index (χ0v) is 13.4. The number of rotatable bonds is 3. The average Bonchev–Trinajstić information content (AvgIpc) is 2.36. The molecule has 0 bridgehead atoms. The van der Waals surface area contributed by atoms with Crippen molar-refractivity contribution in [3.05, 3.63) is 0 Å². The van der Waals surface area contributed by atoms with Gasteiger partial charge >= 0.3 is 6.09 Å². The summed E-state index contributed by atoms with van der Waals surface area (Å²) in [5, 5.41) is 0. The zero-order valence-electron chi connectivity index (χ0n) is 13.4. The molecule has 1 rings (SSSR count). The van der Waals surface area contributed by atoms with Crippen LogP contribution in [0.4, 0.5) is 4.79 Å². The Morgan fingerprint density at radius 1 is 1.10 bits per heavy atom. The number of ether oxygens (including phenoxy) is 1. The highest BCUT2D eigenvalue weighted by molar-refractivity contribution is 5.79. The van der Waals surface area contributed by atoms with Crippen LogP contribution in [-0.4, -0.2) is 53.6 Å². The number of piperazine rings is 1. The third-order valence-corrected chi connectivity index (χ3v) is 3.39. The molecule has 0 aliphatic carbocycles. The van der Waals surface area contributed by atoms with Crippen molar-refractivity contribution in [2.24, 2.45) is 5.92 Å². The van der Waals surface area contributed by atoms with Crippen LogP contribution < -0.4 is 0 Å². The fourth-order valence-electron chi connectivity index (χ4n) is 2.30. The van der Waals surface area contributed by atoms with Gasteiger partial charge < -0.3 is 14.5 Å². The van der Waals surface area contributed by atoms with E-state index in [1.165, 1.54) is 0 Å². The Morgan fingerprint density at radius 2 is 1.60 bits per heavy atom. The summed E-state index contributed by atoms with van der Waals surface area (Å²) in [7, 11) is 0. The van der Waals surface area contributed by atoms with Gasteiger partial charge in [-0.1, -0.05) is 20.3 Å². The number of amides is 2. The van der Waals surface area contributed by atoms with Crippen molar-refractivity contribution in [1.82, 2.24) is 9.80 Å². The first-order valence-electron chi connectivity index (χ1n) is 7.51. The van der Waals surface area contributed by atoms with Crippen LogP contribution in [0.3, 0.4) is 0 Å². The molecule has 20 heavy (non-hydrogen) atoms. The lowest BCUT2D eigenvalue weighted by molar-refractivity contribution is -0.137. The minimum Gasteiger partial charge on any atom is -0.444 e. The predicted octanol–water partition coefficient (Wildman–Crippen LogP) is 2.50. The Labute approximate surface area is 122 Å². The van der Waals surface area contributed by atoms with Gasteiger partial charge in [0.2, 0.25) is 5.91 Å². The second kappa shape index (κ2) is 6.95. The monoisotopic (exact) mass is 284 g/mol. The molecule has 2 amide bonds. The highest BCUT2D eigenvalue weighted by atomic mass is 16.6. The quantitative estimate of drug-likeness (QED) is 0.800. The van der Waals surface area contributed by atoms with Gasteiger partial charge in [0.05, 0.1) is 0 Å². The molecule has 0 spiro atoms. The SMILES string of the molecule is CCCC(C)C(=O)N1CCN(C(=O)OC(C)(C)C)CC1.